The fraction of sp³-hybridized carbons (Fsp3) is 0.923. The van der Waals surface area contributed by atoms with E-state index in [2.05, 4.69) is 10.6 Å². The minimum Gasteiger partial charge on any atom is -0.385 e. The van der Waals surface area contributed by atoms with Gasteiger partial charge in [0.15, 0.2) is 0 Å². The van der Waals surface area contributed by atoms with Crippen LogP contribution in [0.2, 0.25) is 0 Å². The van der Waals surface area contributed by atoms with Crippen LogP contribution in [0.15, 0.2) is 0 Å². The summed E-state index contributed by atoms with van der Waals surface area (Å²) in [7, 11) is 1.71. The average Bonchev–Trinajstić information content (AvgIpc) is 3.03. The number of carbonyl (C=O) groups excluding carboxylic acids is 1. The zero-order chi connectivity index (χ0) is 12.1. The molecule has 2 fully saturated rings. The van der Waals surface area contributed by atoms with Gasteiger partial charge in [0.05, 0.1) is 0 Å². The molecule has 2 rings (SSSR count). The zero-order valence-electron chi connectivity index (χ0n) is 10.8. The molecular weight excluding hydrogens is 216 g/mol. The first kappa shape index (κ1) is 12.8. The number of ether oxygens (including phenoxy) is 1. The van der Waals surface area contributed by atoms with Gasteiger partial charge in [0, 0.05) is 26.2 Å². The van der Waals surface area contributed by atoms with Gasteiger partial charge in [0.2, 0.25) is 5.91 Å². The number of unbranched alkanes of at least 4 members (excludes halogenated alkanes) is 1. The molecule has 17 heavy (non-hydrogen) atoms. The number of hydrogen-bond acceptors (Lipinski definition) is 3. The lowest BCUT2D eigenvalue weighted by Crippen LogP contribution is -2.34. The Balaban J connectivity index is 1.61. The second-order valence-electron chi connectivity index (χ2n) is 5.36. The number of amides is 1. The molecular formula is C13H24N2O2. The molecule has 1 amide bonds. The molecule has 1 aliphatic carbocycles. The first-order valence-electron chi connectivity index (χ1n) is 6.76. The van der Waals surface area contributed by atoms with Gasteiger partial charge in [-0.2, -0.15) is 0 Å². The van der Waals surface area contributed by atoms with Crippen LogP contribution in [0.3, 0.4) is 0 Å². The van der Waals surface area contributed by atoms with E-state index in [0.717, 1.165) is 45.5 Å². The van der Waals surface area contributed by atoms with Gasteiger partial charge in [-0.05, 0) is 50.6 Å². The number of methoxy groups -OCH3 is 1. The maximum absolute atomic E-state index is 11.9. The van der Waals surface area contributed by atoms with Gasteiger partial charge in [-0.1, -0.05) is 0 Å². The number of hydrogen-bond donors (Lipinski definition) is 2. The summed E-state index contributed by atoms with van der Waals surface area (Å²) in [5.41, 5.74) is 0.363. The molecule has 2 aliphatic rings. The first-order valence-corrected chi connectivity index (χ1v) is 6.76. The number of rotatable bonds is 6. The topological polar surface area (TPSA) is 50.4 Å². The summed E-state index contributed by atoms with van der Waals surface area (Å²) in [6.07, 6.45) is 5.50. The van der Waals surface area contributed by atoms with E-state index in [4.69, 9.17) is 4.74 Å². The second-order valence-corrected chi connectivity index (χ2v) is 5.36. The van der Waals surface area contributed by atoms with Gasteiger partial charge < -0.3 is 15.4 Å². The van der Waals surface area contributed by atoms with Crippen LogP contribution in [0.1, 0.15) is 32.1 Å². The Labute approximate surface area is 103 Å². The highest BCUT2D eigenvalue weighted by molar-refractivity contribution is 5.82. The maximum Gasteiger partial charge on any atom is 0.223 e. The molecule has 1 saturated carbocycles. The zero-order valence-corrected chi connectivity index (χ0v) is 10.8. The molecule has 0 aromatic heterocycles. The van der Waals surface area contributed by atoms with Gasteiger partial charge in [-0.3, -0.25) is 4.79 Å². The molecule has 98 valence electrons. The average molecular weight is 240 g/mol. The highest BCUT2D eigenvalue weighted by Crippen LogP contribution is 2.58. The van der Waals surface area contributed by atoms with Crippen LogP contribution in [0.5, 0.6) is 0 Å². The molecule has 0 aromatic rings. The number of nitrogens with one attached hydrogen (secondary N) is 2. The summed E-state index contributed by atoms with van der Waals surface area (Å²) in [4.78, 5) is 11.9. The van der Waals surface area contributed by atoms with E-state index < -0.39 is 0 Å². The van der Waals surface area contributed by atoms with E-state index in [1.165, 1.54) is 12.8 Å². The molecule has 1 saturated heterocycles. The summed E-state index contributed by atoms with van der Waals surface area (Å²) in [6.45, 7) is 3.75. The Morgan fingerprint density at radius 2 is 2.18 bits per heavy atom. The van der Waals surface area contributed by atoms with Crippen LogP contribution in [-0.4, -0.2) is 39.3 Å². The lowest BCUT2D eigenvalue weighted by molar-refractivity contribution is -0.123. The second kappa shape index (κ2) is 5.83. The minimum absolute atomic E-state index is 0.282. The normalized spacial score (nSPS) is 25.8. The van der Waals surface area contributed by atoms with Crippen LogP contribution in [0.4, 0.5) is 0 Å². The molecule has 1 unspecified atom stereocenters. The molecule has 1 aliphatic heterocycles. The van der Waals surface area contributed by atoms with Crippen LogP contribution < -0.4 is 10.6 Å². The highest BCUT2D eigenvalue weighted by atomic mass is 16.5. The van der Waals surface area contributed by atoms with Crippen LogP contribution in [0, 0.1) is 11.3 Å². The first-order chi connectivity index (χ1) is 8.28. The third kappa shape index (κ3) is 3.19. The van der Waals surface area contributed by atoms with Crippen LogP contribution in [0.25, 0.3) is 0 Å². The molecule has 2 N–H and O–H groups in total. The summed E-state index contributed by atoms with van der Waals surface area (Å²) in [6, 6.07) is 0. The molecule has 4 nitrogen and oxygen atoms in total. The SMILES string of the molecule is COCCCCNC(=O)C1CC12CCNCC2. The Morgan fingerprint density at radius 1 is 1.41 bits per heavy atom. The molecule has 0 aromatic carbocycles. The van der Waals surface area contributed by atoms with E-state index >= 15 is 0 Å². The van der Waals surface area contributed by atoms with Crippen molar-refractivity contribution >= 4 is 5.91 Å². The van der Waals surface area contributed by atoms with Gasteiger partial charge in [0.25, 0.3) is 0 Å². The molecule has 1 spiro atoms. The Bertz CT molecular complexity index is 262. The van der Waals surface area contributed by atoms with E-state index in [-0.39, 0.29) is 5.91 Å². The van der Waals surface area contributed by atoms with E-state index in [1.54, 1.807) is 7.11 Å². The predicted molar refractivity (Wildman–Crippen MR) is 66.8 cm³/mol. The third-order valence-electron chi connectivity index (χ3n) is 4.18. The van der Waals surface area contributed by atoms with Crippen LogP contribution >= 0.6 is 0 Å². The fourth-order valence-electron chi connectivity index (χ4n) is 2.90. The van der Waals surface area contributed by atoms with E-state index in [9.17, 15) is 4.79 Å². The Kier molecular flexibility index (Phi) is 4.40. The monoisotopic (exact) mass is 240 g/mol. The van der Waals surface area contributed by atoms with Crippen molar-refractivity contribution < 1.29 is 9.53 Å². The lowest BCUT2D eigenvalue weighted by Gasteiger charge is -2.23. The van der Waals surface area contributed by atoms with Crippen LogP contribution in [-0.2, 0) is 9.53 Å². The van der Waals surface area contributed by atoms with Crippen molar-refractivity contribution in [2.45, 2.75) is 32.1 Å². The van der Waals surface area contributed by atoms with Crippen molar-refractivity contribution in [3.8, 4) is 0 Å². The standard InChI is InChI=1S/C13H24N2O2/c1-17-9-3-2-6-15-12(16)11-10-13(11)4-7-14-8-5-13/h11,14H,2-10H2,1H3,(H,15,16). The number of carbonyl (C=O) groups is 1. The smallest absolute Gasteiger partial charge is 0.223 e. The fourth-order valence-corrected chi connectivity index (χ4v) is 2.90. The molecule has 1 atom stereocenters. The quantitative estimate of drug-likeness (QED) is 0.679. The van der Waals surface area contributed by atoms with Gasteiger partial charge >= 0.3 is 0 Å². The summed E-state index contributed by atoms with van der Waals surface area (Å²) in [5.74, 6) is 0.580. The molecule has 4 heteroatoms. The maximum atomic E-state index is 11.9. The van der Waals surface area contributed by atoms with Gasteiger partial charge in [-0.15, -0.1) is 0 Å². The van der Waals surface area contributed by atoms with Crippen molar-refractivity contribution in [1.29, 1.82) is 0 Å². The van der Waals surface area contributed by atoms with Crippen molar-refractivity contribution in [3.63, 3.8) is 0 Å². The van der Waals surface area contributed by atoms with Crippen molar-refractivity contribution in [2.24, 2.45) is 11.3 Å². The van der Waals surface area contributed by atoms with Crippen molar-refractivity contribution in [3.05, 3.63) is 0 Å². The predicted octanol–water partition coefficient (Wildman–Crippen LogP) is 0.919. The largest absolute Gasteiger partial charge is 0.385 e. The molecule has 1 heterocycles. The molecule has 0 bridgehead atoms. The van der Waals surface area contributed by atoms with Crippen molar-refractivity contribution in [1.82, 2.24) is 10.6 Å². The van der Waals surface area contributed by atoms with E-state index in [0.29, 0.717) is 11.3 Å². The van der Waals surface area contributed by atoms with Gasteiger partial charge in [0.1, 0.15) is 0 Å². The minimum atomic E-state index is 0.282. The highest BCUT2D eigenvalue weighted by Gasteiger charge is 2.57. The van der Waals surface area contributed by atoms with Crippen molar-refractivity contribution in [2.75, 3.05) is 33.4 Å². The van der Waals surface area contributed by atoms with E-state index in [1.807, 2.05) is 0 Å². The summed E-state index contributed by atoms with van der Waals surface area (Å²) < 4.78 is 4.98. The Morgan fingerprint density at radius 3 is 2.88 bits per heavy atom. The lowest BCUT2D eigenvalue weighted by atomic mass is 9.92. The molecule has 0 radical (unpaired) electrons. The Hall–Kier alpha value is -0.610. The summed E-state index contributed by atoms with van der Waals surface area (Å²) >= 11 is 0. The third-order valence-corrected chi connectivity index (χ3v) is 4.18. The van der Waals surface area contributed by atoms with Gasteiger partial charge in [-0.25, -0.2) is 0 Å². The summed E-state index contributed by atoms with van der Waals surface area (Å²) in [5, 5.41) is 6.42. The number of piperidine rings is 1.